The average molecular weight is 1100 g/mol. The molecule has 4 N–H and O–H groups in total. The number of hydrogen-bond donors (Lipinski definition) is 3. The molecule has 73 heavy (non-hydrogen) atoms. The monoisotopic (exact) mass is 1100 g/mol. The van der Waals surface area contributed by atoms with Crippen molar-refractivity contribution >= 4 is 81.5 Å². The van der Waals surface area contributed by atoms with E-state index in [1.807, 2.05) is 37.3 Å². The van der Waals surface area contributed by atoms with Crippen LogP contribution in [0.5, 0.6) is 0 Å². The number of carbonyl (C=O) groups excluding carboxylic acids is 1. The second-order valence-corrected chi connectivity index (χ2v) is 24.9. The number of carboxylic acid groups (broad SMARTS) is 1. The fourth-order valence-electron chi connectivity index (χ4n) is 15.0. The number of benzene rings is 4. The van der Waals surface area contributed by atoms with E-state index in [2.05, 4.69) is 10.4 Å². The van der Waals surface area contributed by atoms with Gasteiger partial charge in [0.15, 0.2) is 11.4 Å². The van der Waals surface area contributed by atoms with Gasteiger partial charge in [-0.3, -0.25) is 4.79 Å². The maximum Gasteiger partial charge on any atom is 0.356 e. The van der Waals surface area contributed by atoms with Gasteiger partial charge in [0.1, 0.15) is 0 Å². The first-order valence-corrected chi connectivity index (χ1v) is 28.1. The first-order chi connectivity index (χ1) is 35.0. The topological polar surface area (TPSA) is 128 Å². The lowest BCUT2D eigenvalue weighted by Crippen LogP contribution is -2.47. The Morgan fingerprint density at radius 3 is 1.29 bits per heavy atom. The minimum Gasteiger partial charge on any atom is -0.476 e. The zero-order chi connectivity index (χ0) is 51.3. The molecule has 2 aromatic heterocycles. The van der Waals surface area contributed by atoms with E-state index in [0.29, 0.717) is 70.4 Å². The SMILES string of the molecule is Cc1c(C(=O)NCCC23CC4CC(CC(C4)C2)C3)nn(-c2ccc(Cl)cc2Cl)c1-c1ccc(Cl)cc1.Cc1c(C(=O)O)nn(-c2ccc(Cl)cc2Cl)c1-c1ccc(Cl)cc1.NCCC12CC3CC(CC(C3)C1)C2. The summed E-state index contributed by atoms with van der Waals surface area (Å²) < 4.78 is 3.26. The van der Waals surface area contributed by atoms with Crippen molar-refractivity contribution in [3.63, 3.8) is 0 Å². The van der Waals surface area contributed by atoms with E-state index in [1.54, 1.807) is 85.5 Å². The van der Waals surface area contributed by atoms with Gasteiger partial charge in [0, 0.05) is 48.9 Å². The Bertz CT molecular complexity index is 2950. The number of nitrogens with zero attached hydrogens (tertiary/aromatic N) is 4. The van der Waals surface area contributed by atoms with Crippen molar-refractivity contribution in [3.05, 3.63) is 138 Å². The van der Waals surface area contributed by atoms with E-state index in [-0.39, 0.29) is 11.6 Å². The second-order valence-electron chi connectivity index (χ2n) is 22.4. The van der Waals surface area contributed by atoms with E-state index < -0.39 is 5.97 Å². The van der Waals surface area contributed by atoms with Gasteiger partial charge in [0.05, 0.1) is 32.8 Å². The zero-order valence-corrected chi connectivity index (χ0v) is 45.8. The molecule has 0 atom stereocenters. The third-order valence-corrected chi connectivity index (χ3v) is 18.7. The van der Waals surface area contributed by atoms with Crippen LogP contribution in [0.2, 0.25) is 30.1 Å². The molecule has 2 heterocycles. The molecule has 15 heteroatoms. The van der Waals surface area contributed by atoms with Gasteiger partial charge in [0.2, 0.25) is 0 Å². The molecule has 0 unspecified atom stereocenters. The number of rotatable bonds is 11. The summed E-state index contributed by atoms with van der Waals surface area (Å²) in [5.74, 6) is 4.78. The number of nitrogens with one attached hydrogen (secondary N) is 1. The summed E-state index contributed by atoms with van der Waals surface area (Å²) in [5.41, 5.74) is 13.0. The molecule has 8 fully saturated rings. The summed E-state index contributed by atoms with van der Waals surface area (Å²) >= 11 is 37.0. The molecule has 1 amide bonds. The quantitative estimate of drug-likeness (QED) is 0.119. The van der Waals surface area contributed by atoms with E-state index >= 15 is 0 Å². The molecule has 6 aromatic rings. The summed E-state index contributed by atoms with van der Waals surface area (Å²) in [6.45, 7) is 5.26. The highest BCUT2D eigenvalue weighted by Gasteiger charge is 2.51. The Labute approximate surface area is 458 Å². The number of hydrogen-bond acceptors (Lipinski definition) is 5. The highest BCUT2D eigenvalue weighted by atomic mass is 35.5. The van der Waals surface area contributed by atoms with Crippen LogP contribution < -0.4 is 11.1 Å². The fraction of sp³-hybridized carbons (Fsp3) is 0.448. The van der Waals surface area contributed by atoms with Crippen LogP contribution in [0.4, 0.5) is 0 Å². The van der Waals surface area contributed by atoms with Crippen LogP contribution in [0.3, 0.4) is 0 Å². The molecule has 384 valence electrons. The molecule has 8 bridgehead atoms. The smallest absolute Gasteiger partial charge is 0.356 e. The molecule has 0 spiro atoms. The molecular formula is C58H62Cl6N6O3. The Morgan fingerprint density at radius 2 is 0.918 bits per heavy atom. The highest BCUT2D eigenvalue weighted by Crippen LogP contribution is 2.62. The lowest BCUT2D eigenvalue weighted by atomic mass is 9.49. The van der Waals surface area contributed by atoms with E-state index in [1.165, 1.54) is 68.9 Å². The van der Waals surface area contributed by atoms with E-state index in [9.17, 15) is 14.7 Å². The third-order valence-electron chi connectivity index (χ3n) is 17.1. The van der Waals surface area contributed by atoms with Crippen LogP contribution in [-0.4, -0.2) is 49.6 Å². The maximum atomic E-state index is 13.4. The van der Waals surface area contributed by atoms with Crippen molar-refractivity contribution in [1.82, 2.24) is 24.9 Å². The Balaban J connectivity index is 0.000000141. The van der Waals surface area contributed by atoms with Crippen LogP contribution in [0.25, 0.3) is 33.9 Å². The largest absolute Gasteiger partial charge is 0.476 e. The van der Waals surface area contributed by atoms with Crippen molar-refractivity contribution in [2.24, 2.45) is 52.1 Å². The number of halogens is 6. The standard InChI is InChI=1S/C29H30Cl3N3O.C17H11Cl3N2O2.C12H21N/c1-17-26(28(36)33-9-8-29-14-18-10-19(15-29)12-20(11-18)16-29)34-35(25-7-6-23(31)13-24(25)32)27(17)21-2-4-22(30)5-3-21;1-9-15(17(23)24)21-22(14-7-6-12(19)8-13(14)20)16(9)10-2-4-11(18)5-3-10;13-2-1-12-6-9-3-10(7-12)5-11(4-9)8-12/h2-7,13,18-20H,8-12,14-16H2,1H3,(H,33,36);2-8H,1H3,(H,23,24);9-11H,1-8,13H2. The van der Waals surface area contributed by atoms with Crippen LogP contribution in [-0.2, 0) is 0 Å². The number of carboxylic acids is 1. The molecule has 4 aromatic carbocycles. The molecule has 8 aliphatic carbocycles. The summed E-state index contributed by atoms with van der Waals surface area (Å²) in [4.78, 5) is 24.9. The first kappa shape index (κ1) is 52.4. The van der Waals surface area contributed by atoms with Gasteiger partial charge in [-0.05, 0) is 217 Å². The molecule has 0 radical (unpaired) electrons. The van der Waals surface area contributed by atoms with Crippen molar-refractivity contribution < 1.29 is 14.7 Å². The van der Waals surface area contributed by atoms with Gasteiger partial charge in [-0.2, -0.15) is 10.2 Å². The molecule has 8 saturated carbocycles. The summed E-state index contributed by atoms with van der Waals surface area (Å²) in [6.07, 6.45) is 20.0. The summed E-state index contributed by atoms with van der Waals surface area (Å²) in [5, 5.41) is 24.7. The molecule has 9 nitrogen and oxygen atoms in total. The molecule has 0 aliphatic heterocycles. The molecule has 0 saturated heterocycles. The third kappa shape index (κ3) is 11.1. The summed E-state index contributed by atoms with van der Waals surface area (Å²) in [6, 6.07) is 24.9. The first-order valence-electron chi connectivity index (χ1n) is 25.8. The van der Waals surface area contributed by atoms with Crippen LogP contribution in [0.15, 0.2) is 84.9 Å². The van der Waals surface area contributed by atoms with E-state index in [0.717, 1.165) is 76.3 Å². The normalized spacial score (nSPS) is 26.0. The minimum atomic E-state index is -1.11. The average Bonchev–Trinajstić information content (AvgIpc) is 3.85. The lowest BCUT2D eigenvalue weighted by Gasteiger charge is -2.57. The lowest BCUT2D eigenvalue weighted by molar-refractivity contribution is -0.0565. The van der Waals surface area contributed by atoms with Gasteiger partial charge in [0.25, 0.3) is 5.91 Å². The molecule has 14 rings (SSSR count). The number of carbonyl (C=O) groups is 2. The van der Waals surface area contributed by atoms with Crippen LogP contribution in [0.1, 0.15) is 122 Å². The summed E-state index contributed by atoms with van der Waals surface area (Å²) in [7, 11) is 0. The highest BCUT2D eigenvalue weighted by molar-refractivity contribution is 6.36. The van der Waals surface area contributed by atoms with Gasteiger partial charge >= 0.3 is 5.97 Å². The number of nitrogens with two attached hydrogens (primary N) is 1. The van der Waals surface area contributed by atoms with Crippen LogP contribution >= 0.6 is 69.6 Å². The number of aromatic nitrogens is 4. The van der Waals surface area contributed by atoms with Gasteiger partial charge < -0.3 is 16.2 Å². The number of amides is 1. The second kappa shape index (κ2) is 21.5. The van der Waals surface area contributed by atoms with Gasteiger partial charge in [-0.25, -0.2) is 14.2 Å². The molecular weight excluding hydrogens is 1040 g/mol. The van der Waals surface area contributed by atoms with Gasteiger partial charge in [-0.15, -0.1) is 0 Å². The molecule has 8 aliphatic rings. The van der Waals surface area contributed by atoms with Crippen molar-refractivity contribution in [1.29, 1.82) is 0 Å². The van der Waals surface area contributed by atoms with Crippen LogP contribution in [0, 0.1) is 60.2 Å². The maximum absolute atomic E-state index is 13.4. The van der Waals surface area contributed by atoms with E-state index in [4.69, 9.17) is 80.4 Å². The zero-order valence-electron chi connectivity index (χ0n) is 41.3. The Morgan fingerprint density at radius 1 is 0.562 bits per heavy atom. The van der Waals surface area contributed by atoms with Crippen molar-refractivity contribution in [3.8, 4) is 33.9 Å². The fourth-order valence-corrected chi connectivity index (χ4v) is 16.2. The predicted molar refractivity (Wildman–Crippen MR) is 296 cm³/mol. The minimum absolute atomic E-state index is 0.0361. The Kier molecular flexibility index (Phi) is 15.4. The number of aromatic carboxylic acids is 1. The van der Waals surface area contributed by atoms with Crippen molar-refractivity contribution in [2.45, 2.75) is 104 Å². The van der Waals surface area contributed by atoms with Crippen molar-refractivity contribution in [2.75, 3.05) is 13.1 Å². The predicted octanol–water partition coefficient (Wildman–Crippen LogP) is 16.2. The van der Waals surface area contributed by atoms with Gasteiger partial charge in [-0.1, -0.05) is 93.9 Å². The Hall–Kier alpha value is -4.06.